The number of para-hydroxylation sites is 3. The quantitative estimate of drug-likeness (QED) is 0.166. The van der Waals surface area contributed by atoms with Crippen LogP contribution in [0.4, 0.5) is 0 Å². The van der Waals surface area contributed by atoms with Gasteiger partial charge in [-0.25, -0.2) is 4.79 Å². The van der Waals surface area contributed by atoms with Crippen molar-refractivity contribution >= 4 is 65.4 Å². The molecule has 3 heterocycles. The highest BCUT2D eigenvalue weighted by Crippen LogP contribution is 2.37. The lowest BCUT2D eigenvalue weighted by Gasteiger charge is -2.12. The molecular weight excluding hydrogens is 504 g/mol. The lowest BCUT2D eigenvalue weighted by Crippen LogP contribution is -2.00. The van der Waals surface area contributed by atoms with Crippen molar-refractivity contribution in [3.63, 3.8) is 0 Å². The molecule has 0 aliphatic heterocycles. The average molecular weight is 527 g/mol. The Kier molecular flexibility index (Phi) is 4.44. The first-order valence-corrected chi connectivity index (χ1v) is 13.7. The molecule has 4 nitrogen and oxygen atoms in total. The van der Waals surface area contributed by atoms with Crippen LogP contribution in [0.1, 0.15) is 0 Å². The van der Waals surface area contributed by atoms with Crippen LogP contribution in [0.15, 0.2) is 143 Å². The minimum absolute atomic E-state index is 0.314. The van der Waals surface area contributed by atoms with Crippen LogP contribution in [0.5, 0.6) is 0 Å². The van der Waals surface area contributed by atoms with Crippen LogP contribution >= 0.6 is 0 Å². The summed E-state index contributed by atoms with van der Waals surface area (Å²) in [6.45, 7) is 0. The van der Waals surface area contributed by atoms with Gasteiger partial charge in [0, 0.05) is 44.4 Å². The number of fused-ring (bicyclic) bond motifs is 9. The van der Waals surface area contributed by atoms with E-state index in [9.17, 15) is 4.79 Å². The van der Waals surface area contributed by atoms with Crippen molar-refractivity contribution in [1.29, 1.82) is 0 Å². The SMILES string of the molecule is O=c1oc2cc3c(cc2c2ccccc12)c1ccccc1n3-c1ccc(-n2c3ccccc3c3ccccc32)cc1. The molecule has 0 fully saturated rings. The number of hydrogen-bond acceptors (Lipinski definition) is 2. The van der Waals surface area contributed by atoms with E-state index in [1.807, 2.05) is 30.3 Å². The van der Waals surface area contributed by atoms with Crippen molar-refractivity contribution in [3.8, 4) is 11.4 Å². The van der Waals surface area contributed by atoms with Gasteiger partial charge in [-0.1, -0.05) is 72.8 Å². The molecule has 0 spiro atoms. The van der Waals surface area contributed by atoms with Gasteiger partial charge in [0.25, 0.3) is 0 Å². The molecule has 0 amide bonds. The lowest BCUT2D eigenvalue weighted by molar-refractivity contribution is 0.570. The Balaban J connectivity index is 1.30. The fourth-order valence-corrected chi connectivity index (χ4v) is 6.57. The Hall–Kier alpha value is -5.61. The van der Waals surface area contributed by atoms with Crippen LogP contribution in [0.3, 0.4) is 0 Å². The fraction of sp³-hybridized carbons (Fsp3) is 0. The molecule has 0 N–H and O–H groups in total. The van der Waals surface area contributed by atoms with Crippen molar-refractivity contribution in [3.05, 3.63) is 144 Å². The minimum Gasteiger partial charge on any atom is -0.422 e. The largest absolute Gasteiger partial charge is 0.422 e. The Morgan fingerprint density at radius 1 is 0.390 bits per heavy atom. The second kappa shape index (κ2) is 8.20. The molecule has 0 unspecified atom stereocenters. The van der Waals surface area contributed by atoms with Gasteiger partial charge < -0.3 is 13.6 Å². The van der Waals surface area contributed by atoms with Crippen LogP contribution < -0.4 is 5.63 Å². The Labute approximate surface area is 233 Å². The smallest absolute Gasteiger partial charge is 0.344 e. The van der Waals surface area contributed by atoms with Crippen molar-refractivity contribution in [2.45, 2.75) is 0 Å². The zero-order chi connectivity index (χ0) is 27.1. The standard InChI is InChI=1S/C37H22N2O2/c40-37-29-13-2-1-9-25(29)31-21-30-28-12-5-8-16-34(28)39(35(30)22-36(31)41-37)24-19-17-23(18-20-24)38-32-14-6-3-10-26(32)27-11-4-7-15-33(27)38/h1-22H. The predicted molar refractivity (Wildman–Crippen MR) is 169 cm³/mol. The highest BCUT2D eigenvalue weighted by Gasteiger charge is 2.17. The maximum Gasteiger partial charge on any atom is 0.344 e. The van der Waals surface area contributed by atoms with Crippen LogP contribution in [-0.2, 0) is 0 Å². The Morgan fingerprint density at radius 3 is 1.39 bits per heavy atom. The van der Waals surface area contributed by atoms with Gasteiger partial charge in [0.2, 0.25) is 0 Å². The van der Waals surface area contributed by atoms with Crippen molar-refractivity contribution in [2.75, 3.05) is 0 Å². The third kappa shape index (κ3) is 3.07. The van der Waals surface area contributed by atoms with Gasteiger partial charge in [0.05, 0.1) is 27.5 Å². The predicted octanol–water partition coefficient (Wildman–Crippen LogP) is 9.14. The first-order chi connectivity index (χ1) is 20.3. The molecule has 0 aliphatic carbocycles. The molecular formula is C37H22N2O2. The van der Waals surface area contributed by atoms with E-state index in [0.29, 0.717) is 11.0 Å². The fourth-order valence-electron chi connectivity index (χ4n) is 6.57. The summed E-state index contributed by atoms with van der Waals surface area (Å²) in [6, 6.07) is 46.1. The molecule has 9 rings (SSSR count). The molecule has 0 aliphatic rings. The second-order valence-corrected chi connectivity index (χ2v) is 10.5. The summed E-state index contributed by atoms with van der Waals surface area (Å²) in [7, 11) is 0. The molecule has 4 heteroatoms. The van der Waals surface area contributed by atoms with Gasteiger partial charge >= 0.3 is 5.63 Å². The Morgan fingerprint density at radius 2 is 0.829 bits per heavy atom. The van der Waals surface area contributed by atoms with Crippen LogP contribution in [0, 0.1) is 0 Å². The number of nitrogens with zero attached hydrogens (tertiary/aromatic N) is 2. The highest BCUT2D eigenvalue weighted by molar-refractivity contribution is 6.17. The maximum absolute atomic E-state index is 12.8. The molecule has 41 heavy (non-hydrogen) atoms. The summed E-state index contributed by atoms with van der Waals surface area (Å²) >= 11 is 0. The average Bonchev–Trinajstić information content (AvgIpc) is 3.53. The van der Waals surface area contributed by atoms with Gasteiger partial charge in [0.1, 0.15) is 5.58 Å². The zero-order valence-electron chi connectivity index (χ0n) is 21.9. The summed E-state index contributed by atoms with van der Waals surface area (Å²) in [5.74, 6) is 0. The molecule has 0 saturated heterocycles. The van der Waals surface area contributed by atoms with E-state index in [0.717, 1.165) is 44.0 Å². The van der Waals surface area contributed by atoms with Crippen molar-refractivity contribution in [1.82, 2.24) is 9.13 Å². The second-order valence-electron chi connectivity index (χ2n) is 10.5. The molecule has 9 aromatic rings. The number of hydrogen-bond donors (Lipinski definition) is 0. The number of aromatic nitrogens is 2. The third-order valence-electron chi connectivity index (χ3n) is 8.36. The summed E-state index contributed by atoms with van der Waals surface area (Å²) in [5.41, 5.74) is 6.91. The third-order valence-corrected chi connectivity index (χ3v) is 8.36. The van der Waals surface area contributed by atoms with Crippen molar-refractivity contribution in [2.24, 2.45) is 0 Å². The summed E-state index contributed by atoms with van der Waals surface area (Å²) in [6.07, 6.45) is 0. The molecule has 0 bridgehead atoms. The monoisotopic (exact) mass is 526 g/mol. The van der Waals surface area contributed by atoms with E-state index in [1.54, 1.807) is 0 Å². The topological polar surface area (TPSA) is 40.1 Å². The van der Waals surface area contributed by atoms with Crippen LogP contribution in [0.2, 0.25) is 0 Å². The van der Waals surface area contributed by atoms with Crippen molar-refractivity contribution < 1.29 is 4.42 Å². The maximum atomic E-state index is 12.8. The molecule has 0 saturated carbocycles. The molecule has 3 aromatic heterocycles. The van der Waals surface area contributed by atoms with Gasteiger partial charge in [0.15, 0.2) is 0 Å². The van der Waals surface area contributed by atoms with Gasteiger partial charge in [-0.3, -0.25) is 0 Å². The van der Waals surface area contributed by atoms with E-state index in [2.05, 4.69) is 112 Å². The van der Waals surface area contributed by atoms with Gasteiger partial charge in [-0.15, -0.1) is 0 Å². The van der Waals surface area contributed by atoms with E-state index in [4.69, 9.17) is 4.42 Å². The minimum atomic E-state index is -0.314. The summed E-state index contributed by atoms with van der Waals surface area (Å²) in [4.78, 5) is 12.8. The van der Waals surface area contributed by atoms with Gasteiger partial charge in [-0.2, -0.15) is 0 Å². The highest BCUT2D eigenvalue weighted by atomic mass is 16.4. The number of benzene rings is 6. The first-order valence-electron chi connectivity index (χ1n) is 13.7. The lowest BCUT2D eigenvalue weighted by atomic mass is 10.0. The zero-order valence-corrected chi connectivity index (χ0v) is 21.9. The molecule has 0 radical (unpaired) electrons. The van der Waals surface area contributed by atoms with E-state index < -0.39 is 0 Å². The first kappa shape index (κ1) is 22.2. The van der Waals surface area contributed by atoms with E-state index in [-0.39, 0.29) is 5.63 Å². The summed E-state index contributed by atoms with van der Waals surface area (Å²) in [5, 5.41) is 7.23. The van der Waals surface area contributed by atoms with Crippen LogP contribution in [0.25, 0.3) is 76.7 Å². The van der Waals surface area contributed by atoms with Gasteiger partial charge in [-0.05, 0) is 60.0 Å². The molecule has 6 aromatic carbocycles. The van der Waals surface area contributed by atoms with E-state index >= 15 is 0 Å². The summed E-state index contributed by atoms with van der Waals surface area (Å²) < 4.78 is 10.4. The molecule has 0 atom stereocenters. The molecule has 192 valence electrons. The Bertz CT molecular complexity index is 2490. The normalized spacial score (nSPS) is 12.0. The van der Waals surface area contributed by atoms with Crippen LogP contribution in [-0.4, -0.2) is 9.13 Å². The van der Waals surface area contributed by atoms with E-state index in [1.165, 1.54) is 21.8 Å². The number of rotatable bonds is 2.